The van der Waals surface area contributed by atoms with Crippen LogP contribution in [-0.4, -0.2) is 18.2 Å². The van der Waals surface area contributed by atoms with Crippen LogP contribution in [0.4, 0.5) is 4.39 Å². The van der Waals surface area contributed by atoms with Crippen LogP contribution in [-0.2, 0) is 4.79 Å². The maximum Gasteiger partial charge on any atom is 0.310 e. The summed E-state index contributed by atoms with van der Waals surface area (Å²) in [5.41, 5.74) is -0.0523. The standard InChI is InChI=1S/C10H10ClFO3/c1-5(10(13)14)8-6(11)3-4-7(15-2)9(8)12/h3-5H,1-2H3,(H,13,14). The number of benzene rings is 1. The molecule has 0 aliphatic carbocycles. The topological polar surface area (TPSA) is 46.5 Å². The van der Waals surface area contributed by atoms with Crippen LogP contribution in [0.1, 0.15) is 18.4 Å². The zero-order valence-electron chi connectivity index (χ0n) is 8.25. The molecule has 0 aliphatic heterocycles. The predicted molar refractivity (Wildman–Crippen MR) is 54.0 cm³/mol. The van der Waals surface area contributed by atoms with Crippen LogP contribution in [0.25, 0.3) is 0 Å². The lowest BCUT2D eigenvalue weighted by atomic mass is 10.0. The molecule has 3 nitrogen and oxygen atoms in total. The molecule has 0 spiro atoms. The Bertz CT molecular complexity index is 392. The van der Waals surface area contributed by atoms with Crippen LogP contribution in [0.5, 0.6) is 5.75 Å². The van der Waals surface area contributed by atoms with Crippen molar-refractivity contribution >= 4 is 17.6 Å². The fourth-order valence-electron chi connectivity index (χ4n) is 1.23. The van der Waals surface area contributed by atoms with E-state index in [-0.39, 0.29) is 16.3 Å². The fourth-order valence-corrected chi connectivity index (χ4v) is 1.54. The number of methoxy groups -OCH3 is 1. The van der Waals surface area contributed by atoms with Crippen molar-refractivity contribution in [3.05, 3.63) is 28.5 Å². The third-order valence-corrected chi connectivity index (χ3v) is 2.44. The Balaban J connectivity index is 3.32. The number of hydrogen-bond acceptors (Lipinski definition) is 2. The van der Waals surface area contributed by atoms with Gasteiger partial charge in [-0.2, -0.15) is 0 Å². The van der Waals surface area contributed by atoms with Crippen molar-refractivity contribution in [1.29, 1.82) is 0 Å². The SMILES string of the molecule is COc1ccc(Cl)c(C(C)C(=O)O)c1F. The lowest BCUT2D eigenvalue weighted by Crippen LogP contribution is -2.10. The molecule has 0 heterocycles. The first-order valence-electron chi connectivity index (χ1n) is 4.23. The van der Waals surface area contributed by atoms with Crippen molar-refractivity contribution in [2.75, 3.05) is 7.11 Å². The van der Waals surface area contributed by atoms with E-state index in [2.05, 4.69) is 0 Å². The number of hydrogen-bond donors (Lipinski definition) is 1. The fraction of sp³-hybridized carbons (Fsp3) is 0.300. The van der Waals surface area contributed by atoms with E-state index in [4.69, 9.17) is 21.4 Å². The Morgan fingerprint density at radius 1 is 1.60 bits per heavy atom. The lowest BCUT2D eigenvalue weighted by Gasteiger charge is -2.12. The minimum atomic E-state index is -1.14. The van der Waals surface area contributed by atoms with Crippen LogP contribution >= 0.6 is 11.6 Å². The van der Waals surface area contributed by atoms with Crippen molar-refractivity contribution in [2.45, 2.75) is 12.8 Å². The second kappa shape index (κ2) is 4.49. The van der Waals surface area contributed by atoms with Gasteiger partial charge in [0.05, 0.1) is 13.0 Å². The molecular formula is C10H10ClFO3. The van der Waals surface area contributed by atoms with Gasteiger partial charge in [-0.3, -0.25) is 4.79 Å². The molecule has 0 amide bonds. The molecule has 0 fully saturated rings. The minimum Gasteiger partial charge on any atom is -0.494 e. The normalized spacial score (nSPS) is 12.3. The van der Waals surface area contributed by atoms with Crippen molar-refractivity contribution in [1.82, 2.24) is 0 Å². The Hall–Kier alpha value is -1.29. The van der Waals surface area contributed by atoms with Gasteiger partial charge in [0.1, 0.15) is 0 Å². The molecule has 1 aromatic carbocycles. The Labute approximate surface area is 91.4 Å². The summed E-state index contributed by atoms with van der Waals surface area (Å²) >= 11 is 5.74. The molecule has 0 aromatic heterocycles. The van der Waals surface area contributed by atoms with Gasteiger partial charge in [-0.05, 0) is 19.1 Å². The van der Waals surface area contributed by atoms with Crippen LogP contribution < -0.4 is 4.74 Å². The maximum atomic E-state index is 13.7. The van der Waals surface area contributed by atoms with E-state index >= 15 is 0 Å². The number of halogens is 2. The summed E-state index contributed by atoms with van der Waals surface area (Å²) in [7, 11) is 1.31. The number of carboxylic acid groups (broad SMARTS) is 1. The molecule has 1 unspecified atom stereocenters. The molecule has 0 radical (unpaired) electrons. The smallest absolute Gasteiger partial charge is 0.310 e. The molecule has 15 heavy (non-hydrogen) atoms. The third kappa shape index (κ3) is 2.21. The molecule has 1 N–H and O–H groups in total. The van der Waals surface area contributed by atoms with Crippen molar-refractivity contribution in [3.63, 3.8) is 0 Å². The highest BCUT2D eigenvalue weighted by Gasteiger charge is 2.23. The molecule has 82 valence electrons. The zero-order chi connectivity index (χ0) is 11.6. The van der Waals surface area contributed by atoms with E-state index in [0.717, 1.165) is 0 Å². The molecule has 1 atom stereocenters. The molecule has 5 heteroatoms. The van der Waals surface area contributed by atoms with Gasteiger partial charge in [-0.15, -0.1) is 0 Å². The number of aliphatic carboxylic acids is 1. The monoisotopic (exact) mass is 232 g/mol. The van der Waals surface area contributed by atoms with Gasteiger partial charge in [0.2, 0.25) is 0 Å². The second-order valence-corrected chi connectivity index (χ2v) is 3.44. The summed E-state index contributed by atoms with van der Waals surface area (Å²) in [6.45, 7) is 1.37. The molecule has 0 saturated carbocycles. The first-order valence-corrected chi connectivity index (χ1v) is 4.61. The Morgan fingerprint density at radius 2 is 2.20 bits per heavy atom. The predicted octanol–water partition coefficient (Wildman–Crippen LogP) is 2.68. The quantitative estimate of drug-likeness (QED) is 0.872. The first kappa shape index (κ1) is 11.8. The van der Waals surface area contributed by atoms with Gasteiger partial charge in [0.25, 0.3) is 0 Å². The molecule has 1 aromatic rings. The Morgan fingerprint density at radius 3 is 2.67 bits per heavy atom. The van der Waals surface area contributed by atoms with Crippen LogP contribution in [0.2, 0.25) is 5.02 Å². The van der Waals surface area contributed by atoms with Crippen molar-refractivity contribution in [2.24, 2.45) is 0 Å². The van der Waals surface area contributed by atoms with Crippen LogP contribution in [0.3, 0.4) is 0 Å². The van der Waals surface area contributed by atoms with Crippen molar-refractivity contribution < 1.29 is 19.0 Å². The highest BCUT2D eigenvalue weighted by molar-refractivity contribution is 6.31. The van der Waals surface area contributed by atoms with Gasteiger partial charge in [-0.25, -0.2) is 4.39 Å². The van der Waals surface area contributed by atoms with E-state index in [1.54, 1.807) is 0 Å². The number of rotatable bonds is 3. The second-order valence-electron chi connectivity index (χ2n) is 3.04. The van der Waals surface area contributed by atoms with Gasteiger partial charge in [0.15, 0.2) is 11.6 Å². The van der Waals surface area contributed by atoms with E-state index in [9.17, 15) is 9.18 Å². The summed E-state index contributed by atoms with van der Waals surface area (Å²) in [4.78, 5) is 10.7. The average molecular weight is 233 g/mol. The lowest BCUT2D eigenvalue weighted by molar-refractivity contribution is -0.138. The van der Waals surface area contributed by atoms with Gasteiger partial charge in [-0.1, -0.05) is 11.6 Å². The highest BCUT2D eigenvalue weighted by Crippen LogP contribution is 2.32. The molecule has 0 aliphatic rings. The molecule has 1 rings (SSSR count). The third-order valence-electron chi connectivity index (χ3n) is 2.11. The summed E-state index contributed by atoms with van der Waals surface area (Å²) < 4.78 is 18.4. The van der Waals surface area contributed by atoms with E-state index < -0.39 is 17.7 Å². The maximum absolute atomic E-state index is 13.7. The largest absolute Gasteiger partial charge is 0.494 e. The molecule has 0 saturated heterocycles. The number of carboxylic acids is 1. The van der Waals surface area contributed by atoms with E-state index in [0.29, 0.717) is 0 Å². The van der Waals surface area contributed by atoms with Crippen LogP contribution in [0, 0.1) is 5.82 Å². The molecule has 0 bridgehead atoms. The highest BCUT2D eigenvalue weighted by atomic mass is 35.5. The summed E-state index contributed by atoms with van der Waals surface area (Å²) in [6.07, 6.45) is 0. The minimum absolute atomic E-state index is 0.0116. The average Bonchev–Trinajstić information content (AvgIpc) is 2.17. The van der Waals surface area contributed by atoms with E-state index in [1.165, 1.54) is 26.2 Å². The van der Waals surface area contributed by atoms with Crippen molar-refractivity contribution in [3.8, 4) is 5.75 Å². The Kier molecular flexibility index (Phi) is 3.52. The van der Waals surface area contributed by atoms with Gasteiger partial charge < -0.3 is 9.84 Å². The van der Waals surface area contributed by atoms with Crippen LogP contribution in [0.15, 0.2) is 12.1 Å². The summed E-state index contributed by atoms with van der Waals surface area (Å²) in [6, 6.07) is 2.77. The number of ether oxygens (including phenoxy) is 1. The van der Waals surface area contributed by atoms with E-state index in [1.807, 2.05) is 0 Å². The first-order chi connectivity index (χ1) is 6.99. The summed E-state index contributed by atoms with van der Waals surface area (Å²) in [5, 5.41) is 8.87. The molecular weight excluding hydrogens is 223 g/mol. The summed E-state index contributed by atoms with van der Waals surface area (Å²) in [5.74, 6) is -2.88. The zero-order valence-corrected chi connectivity index (χ0v) is 9.01. The number of carbonyl (C=O) groups is 1. The van der Waals surface area contributed by atoms with Gasteiger partial charge in [0, 0.05) is 10.6 Å². The van der Waals surface area contributed by atoms with Gasteiger partial charge >= 0.3 is 5.97 Å².